The van der Waals surface area contributed by atoms with Gasteiger partial charge in [0.05, 0.1) is 0 Å². The van der Waals surface area contributed by atoms with Gasteiger partial charge in [0.15, 0.2) is 0 Å². The van der Waals surface area contributed by atoms with Crippen molar-refractivity contribution < 1.29 is 14.5 Å². The first kappa shape index (κ1) is 12.0. The van der Waals surface area contributed by atoms with Crippen LogP contribution in [0.4, 0.5) is 4.79 Å². The van der Waals surface area contributed by atoms with Crippen LogP contribution in [0, 0.1) is 16.0 Å². The molecular formula is C9H12ClNO4. The van der Waals surface area contributed by atoms with Gasteiger partial charge in [0.2, 0.25) is 5.54 Å². The molecule has 1 aliphatic rings. The van der Waals surface area contributed by atoms with Crippen molar-refractivity contribution in [2.45, 2.75) is 32.2 Å². The molecule has 0 saturated carbocycles. The van der Waals surface area contributed by atoms with E-state index >= 15 is 0 Å². The van der Waals surface area contributed by atoms with Crippen LogP contribution < -0.4 is 0 Å². The van der Waals surface area contributed by atoms with Crippen molar-refractivity contribution in [2.75, 3.05) is 0 Å². The molecule has 2 unspecified atom stereocenters. The molecule has 1 rings (SSSR count). The summed E-state index contributed by atoms with van der Waals surface area (Å²) in [5.74, 6) is 0.227. The number of rotatable bonds is 2. The average Bonchev–Trinajstić information content (AvgIpc) is 2.10. The van der Waals surface area contributed by atoms with Crippen molar-refractivity contribution in [3.8, 4) is 0 Å². The number of carbonyl (C=O) groups excluding carboxylic acids is 1. The van der Waals surface area contributed by atoms with Crippen LogP contribution in [0.25, 0.3) is 0 Å². The Bertz CT molecular complexity index is 328. The smallest absolute Gasteiger partial charge is 0.408 e. The van der Waals surface area contributed by atoms with Gasteiger partial charge in [0.25, 0.3) is 0 Å². The number of hydrogen-bond donors (Lipinski definition) is 0. The van der Waals surface area contributed by atoms with E-state index in [1.165, 1.54) is 0 Å². The first-order chi connectivity index (χ1) is 6.86. The van der Waals surface area contributed by atoms with E-state index < -0.39 is 11.0 Å². The van der Waals surface area contributed by atoms with Gasteiger partial charge in [-0.25, -0.2) is 4.79 Å². The Morgan fingerprint density at radius 1 is 1.80 bits per heavy atom. The van der Waals surface area contributed by atoms with Crippen LogP contribution in [0.2, 0.25) is 0 Å². The Morgan fingerprint density at radius 2 is 2.40 bits per heavy atom. The fraction of sp³-hybridized carbons (Fsp3) is 0.667. The van der Waals surface area contributed by atoms with Crippen molar-refractivity contribution in [2.24, 2.45) is 5.92 Å². The van der Waals surface area contributed by atoms with E-state index in [2.05, 4.69) is 0 Å². The number of halogens is 1. The summed E-state index contributed by atoms with van der Waals surface area (Å²) in [7, 11) is 0. The third-order valence-corrected chi connectivity index (χ3v) is 3.02. The van der Waals surface area contributed by atoms with Crippen molar-refractivity contribution in [1.82, 2.24) is 0 Å². The molecule has 0 saturated heterocycles. The lowest BCUT2D eigenvalue weighted by molar-refractivity contribution is -0.575. The van der Waals surface area contributed by atoms with Crippen LogP contribution in [0.1, 0.15) is 26.7 Å². The maximum absolute atomic E-state index is 10.9. The summed E-state index contributed by atoms with van der Waals surface area (Å²) in [5, 5.41) is 10.9. The van der Waals surface area contributed by atoms with Crippen molar-refractivity contribution >= 4 is 17.0 Å². The predicted molar refractivity (Wildman–Crippen MR) is 54.2 cm³/mol. The van der Waals surface area contributed by atoms with Crippen LogP contribution in [0.3, 0.4) is 0 Å². The molecule has 2 atom stereocenters. The highest BCUT2D eigenvalue weighted by Crippen LogP contribution is 2.35. The summed E-state index contributed by atoms with van der Waals surface area (Å²) in [6.45, 7) is 3.35. The van der Waals surface area contributed by atoms with Gasteiger partial charge >= 0.3 is 5.43 Å². The average molecular weight is 234 g/mol. The van der Waals surface area contributed by atoms with Crippen LogP contribution in [-0.2, 0) is 4.74 Å². The molecule has 1 aliphatic carbocycles. The molecule has 0 N–H and O–H groups in total. The van der Waals surface area contributed by atoms with E-state index in [-0.39, 0.29) is 17.3 Å². The monoisotopic (exact) mass is 233 g/mol. The molecule has 0 spiro atoms. The van der Waals surface area contributed by atoms with Crippen molar-refractivity contribution in [3.05, 3.63) is 21.9 Å². The van der Waals surface area contributed by atoms with Crippen LogP contribution in [-0.4, -0.2) is 15.9 Å². The second-order valence-corrected chi connectivity index (χ2v) is 4.24. The molecule has 0 radical (unpaired) electrons. The zero-order chi connectivity index (χ0) is 11.6. The number of nitro groups is 1. The third kappa shape index (κ3) is 2.47. The van der Waals surface area contributed by atoms with Gasteiger partial charge in [-0.05, 0) is 6.08 Å². The van der Waals surface area contributed by atoms with Gasteiger partial charge in [-0.1, -0.05) is 6.92 Å². The molecule has 0 aliphatic heterocycles. The Hall–Kier alpha value is -1.10. The number of carbonyl (C=O) groups is 1. The summed E-state index contributed by atoms with van der Waals surface area (Å²) in [4.78, 5) is 21.1. The maximum atomic E-state index is 10.9. The van der Waals surface area contributed by atoms with Gasteiger partial charge in [-0.2, -0.15) is 0 Å². The minimum absolute atomic E-state index is 0.191. The molecule has 15 heavy (non-hydrogen) atoms. The summed E-state index contributed by atoms with van der Waals surface area (Å²) in [5.41, 5.74) is -1.89. The second-order valence-electron chi connectivity index (χ2n) is 3.93. The normalized spacial score (nSPS) is 30.6. The molecule has 0 bridgehead atoms. The van der Waals surface area contributed by atoms with E-state index in [0.717, 1.165) is 0 Å². The van der Waals surface area contributed by atoms with Gasteiger partial charge in [-0.15, -0.1) is 0 Å². The van der Waals surface area contributed by atoms with Crippen LogP contribution in [0.5, 0.6) is 0 Å². The Kier molecular flexibility index (Phi) is 3.34. The van der Waals surface area contributed by atoms with E-state index in [0.29, 0.717) is 12.2 Å². The minimum atomic E-state index is -0.984. The van der Waals surface area contributed by atoms with E-state index in [9.17, 15) is 14.9 Å². The number of allylic oxidation sites excluding steroid dienone is 1. The number of ether oxygens (including phenoxy) is 1. The zero-order valence-corrected chi connectivity index (χ0v) is 9.28. The second kappa shape index (κ2) is 4.18. The van der Waals surface area contributed by atoms with E-state index in [4.69, 9.17) is 16.3 Å². The standard InChI is InChI=1S/C9H12ClNO4/c1-6-5-7(15-8(10)12)3-4-9(6,2)11(13)14/h3,6H,4-5H2,1-2H3. The lowest BCUT2D eigenvalue weighted by Crippen LogP contribution is -2.43. The largest absolute Gasteiger partial charge is 0.419 e. The molecule has 0 heterocycles. The predicted octanol–water partition coefficient (Wildman–Crippen LogP) is 2.71. The lowest BCUT2D eigenvalue weighted by Gasteiger charge is -2.30. The first-order valence-electron chi connectivity index (χ1n) is 4.57. The maximum Gasteiger partial charge on any atom is 0.408 e. The summed E-state index contributed by atoms with van der Waals surface area (Å²) < 4.78 is 4.70. The van der Waals surface area contributed by atoms with E-state index in [1.807, 2.05) is 0 Å². The molecule has 0 aromatic rings. The summed E-state index contributed by atoms with van der Waals surface area (Å²) in [6, 6.07) is 0. The topological polar surface area (TPSA) is 69.4 Å². The molecule has 84 valence electrons. The summed E-state index contributed by atoms with van der Waals surface area (Å²) in [6.07, 6.45) is 2.17. The third-order valence-electron chi connectivity index (χ3n) is 2.94. The quantitative estimate of drug-likeness (QED) is 0.418. The fourth-order valence-corrected chi connectivity index (χ4v) is 1.67. The number of hydrogen-bond acceptors (Lipinski definition) is 4. The molecule has 0 amide bonds. The molecule has 0 aromatic heterocycles. The van der Waals surface area contributed by atoms with Gasteiger partial charge in [0, 0.05) is 42.2 Å². The highest BCUT2D eigenvalue weighted by atomic mass is 35.5. The molecule has 6 heteroatoms. The molecule has 5 nitrogen and oxygen atoms in total. The Balaban J connectivity index is 2.79. The van der Waals surface area contributed by atoms with E-state index in [1.54, 1.807) is 19.9 Å². The number of nitrogens with zero attached hydrogens (tertiary/aromatic N) is 1. The fourth-order valence-electron chi connectivity index (χ4n) is 1.57. The molecule has 0 aromatic carbocycles. The van der Waals surface area contributed by atoms with Crippen LogP contribution in [0.15, 0.2) is 11.8 Å². The van der Waals surface area contributed by atoms with Gasteiger partial charge in [-0.3, -0.25) is 10.1 Å². The van der Waals surface area contributed by atoms with Gasteiger partial charge in [0.1, 0.15) is 5.76 Å². The Labute approximate surface area is 92.2 Å². The van der Waals surface area contributed by atoms with Crippen molar-refractivity contribution in [1.29, 1.82) is 0 Å². The van der Waals surface area contributed by atoms with Gasteiger partial charge < -0.3 is 4.74 Å². The van der Waals surface area contributed by atoms with Crippen molar-refractivity contribution in [3.63, 3.8) is 0 Å². The zero-order valence-electron chi connectivity index (χ0n) is 8.53. The summed E-state index contributed by atoms with van der Waals surface area (Å²) >= 11 is 5.06. The SMILES string of the molecule is CC1CC(OC(=O)Cl)=CCC1(C)[N+](=O)[O-]. The first-order valence-corrected chi connectivity index (χ1v) is 4.95. The lowest BCUT2D eigenvalue weighted by atomic mass is 9.78. The highest BCUT2D eigenvalue weighted by Gasteiger charge is 2.45. The molecular weight excluding hydrogens is 222 g/mol. The highest BCUT2D eigenvalue weighted by molar-refractivity contribution is 6.61. The van der Waals surface area contributed by atoms with Crippen LogP contribution >= 0.6 is 11.6 Å². The molecule has 0 fully saturated rings. The minimum Gasteiger partial charge on any atom is -0.419 e. The Morgan fingerprint density at radius 3 is 2.80 bits per heavy atom.